The summed E-state index contributed by atoms with van der Waals surface area (Å²) in [7, 11) is 0. The summed E-state index contributed by atoms with van der Waals surface area (Å²) in [4.78, 5) is 11.9. The van der Waals surface area contributed by atoms with Gasteiger partial charge in [-0.05, 0) is 12.0 Å². The zero-order valence-electron chi connectivity index (χ0n) is 10.1. The van der Waals surface area contributed by atoms with E-state index in [0.717, 1.165) is 5.56 Å². The van der Waals surface area contributed by atoms with Crippen LogP contribution >= 0.6 is 0 Å². The zero-order valence-corrected chi connectivity index (χ0v) is 10.1. The van der Waals surface area contributed by atoms with Crippen LogP contribution in [0.1, 0.15) is 11.4 Å². The molecule has 1 atom stereocenters. The molecule has 1 aromatic heterocycles. The summed E-state index contributed by atoms with van der Waals surface area (Å²) in [6, 6.07) is 11.4. The van der Waals surface area contributed by atoms with Crippen LogP contribution < -0.4 is 5.32 Å². The average Bonchev–Trinajstić information content (AvgIpc) is 2.96. The number of nitrogens with one attached hydrogen (secondary N) is 2. The van der Waals surface area contributed by atoms with E-state index >= 15 is 0 Å². The Labute approximate surface area is 109 Å². The number of H-pyrrole nitrogens is 1. The van der Waals surface area contributed by atoms with Crippen LogP contribution in [0.3, 0.4) is 0 Å². The number of hydrogen-bond donors (Lipinski definition) is 2. The van der Waals surface area contributed by atoms with Crippen molar-refractivity contribution < 1.29 is 4.79 Å². The molecular weight excluding hydrogens is 244 g/mol. The quantitative estimate of drug-likeness (QED) is 0.794. The van der Waals surface area contributed by atoms with Crippen molar-refractivity contribution in [3.63, 3.8) is 0 Å². The lowest BCUT2D eigenvalue weighted by molar-refractivity contribution is -0.123. The normalized spacial score (nSPS) is 11.5. The first-order valence-electron chi connectivity index (χ1n) is 5.73. The standard InChI is InChI=1S/C12H12N6O/c13-7-10(6-9-4-2-1-3-5-9)12(19)14-8-11-15-17-18-16-11/h1-5,10H,6,8H2,(H,14,19)(H,15,16,17,18). The summed E-state index contributed by atoms with van der Waals surface area (Å²) in [5.74, 6) is -0.685. The molecule has 1 aromatic carbocycles. The number of tetrazole rings is 1. The van der Waals surface area contributed by atoms with Gasteiger partial charge in [-0.25, -0.2) is 0 Å². The fraction of sp³-hybridized carbons (Fsp3) is 0.250. The predicted molar refractivity (Wildman–Crippen MR) is 65.3 cm³/mol. The number of benzene rings is 1. The molecule has 7 heteroatoms. The van der Waals surface area contributed by atoms with Crippen LogP contribution in [-0.4, -0.2) is 26.5 Å². The number of amides is 1. The van der Waals surface area contributed by atoms with E-state index in [-0.39, 0.29) is 12.5 Å². The number of aromatic nitrogens is 4. The first-order chi connectivity index (χ1) is 9.29. The molecule has 7 nitrogen and oxygen atoms in total. The van der Waals surface area contributed by atoms with Crippen LogP contribution in [0.5, 0.6) is 0 Å². The first-order valence-corrected chi connectivity index (χ1v) is 5.73. The van der Waals surface area contributed by atoms with Crippen molar-refractivity contribution in [1.82, 2.24) is 25.9 Å². The maximum atomic E-state index is 11.9. The van der Waals surface area contributed by atoms with Crippen LogP contribution in [0.25, 0.3) is 0 Å². The number of nitrogens with zero attached hydrogens (tertiary/aromatic N) is 4. The minimum atomic E-state index is -0.727. The highest BCUT2D eigenvalue weighted by molar-refractivity contribution is 5.81. The summed E-state index contributed by atoms with van der Waals surface area (Å²) in [6.45, 7) is 0.155. The third-order valence-electron chi connectivity index (χ3n) is 2.56. The van der Waals surface area contributed by atoms with Gasteiger partial charge in [0.1, 0.15) is 5.92 Å². The molecule has 0 fully saturated rings. The molecule has 1 amide bonds. The Morgan fingerprint density at radius 1 is 1.42 bits per heavy atom. The number of carbonyl (C=O) groups is 1. The Hall–Kier alpha value is -2.75. The van der Waals surface area contributed by atoms with E-state index in [1.54, 1.807) is 0 Å². The van der Waals surface area contributed by atoms with E-state index in [9.17, 15) is 4.79 Å². The number of aromatic amines is 1. The van der Waals surface area contributed by atoms with Crippen LogP contribution in [0.15, 0.2) is 30.3 Å². The van der Waals surface area contributed by atoms with Gasteiger partial charge in [0.05, 0.1) is 12.6 Å². The van der Waals surface area contributed by atoms with Crippen molar-refractivity contribution in [2.75, 3.05) is 0 Å². The molecule has 0 aliphatic rings. The van der Waals surface area contributed by atoms with Gasteiger partial charge in [-0.1, -0.05) is 35.5 Å². The highest BCUT2D eigenvalue weighted by atomic mass is 16.1. The molecule has 0 radical (unpaired) electrons. The van der Waals surface area contributed by atoms with Crippen LogP contribution in [0.2, 0.25) is 0 Å². The minimum absolute atomic E-state index is 0.155. The van der Waals surface area contributed by atoms with Gasteiger partial charge in [0, 0.05) is 0 Å². The Balaban J connectivity index is 1.90. The largest absolute Gasteiger partial charge is 0.348 e. The van der Waals surface area contributed by atoms with E-state index in [4.69, 9.17) is 5.26 Å². The van der Waals surface area contributed by atoms with Crippen molar-refractivity contribution in [2.45, 2.75) is 13.0 Å². The minimum Gasteiger partial charge on any atom is -0.348 e. The van der Waals surface area contributed by atoms with Crippen molar-refractivity contribution in [2.24, 2.45) is 5.92 Å². The van der Waals surface area contributed by atoms with E-state index < -0.39 is 5.92 Å². The molecule has 2 rings (SSSR count). The third kappa shape index (κ3) is 3.61. The molecule has 19 heavy (non-hydrogen) atoms. The van der Waals surface area contributed by atoms with Gasteiger partial charge >= 0.3 is 0 Å². The van der Waals surface area contributed by atoms with Crippen LogP contribution in [-0.2, 0) is 17.8 Å². The molecule has 2 N–H and O–H groups in total. The van der Waals surface area contributed by atoms with E-state index in [1.165, 1.54) is 0 Å². The SMILES string of the molecule is N#CC(Cc1ccccc1)C(=O)NCc1nn[nH]n1. The predicted octanol–water partition coefficient (Wildman–Crippen LogP) is 0.198. The van der Waals surface area contributed by atoms with E-state index in [1.807, 2.05) is 36.4 Å². The molecular formula is C12H12N6O. The second-order valence-corrected chi connectivity index (χ2v) is 3.92. The number of rotatable bonds is 5. The molecule has 96 valence electrons. The molecule has 0 aliphatic heterocycles. The number of hydrogen-bond acceptors (Lipinski definition) is 5. The average molecular weight is 256 g/mol. The summed E-state index contributed by atoms with van der Waals surface area (Å²) < 4.78 is 0. The highest BCUT2D eigenvalue weighted by Crippen LogP contribution is 2.08. The van der Waals surface area contributed by atoms with Crippen LogP contribution in [0.4, 0.5) is 0 Å². The van der Waals surface area contributed by atoms with Gasteiger partial charge in [-0.15, -0.1) is 10.2 Å². The monoisotopic (exact) mass is 256 g/mol. The van der Waals surface area contributed by atoms with Crippen molar-refractivity contribution in [3.8, 4) is 6.07 Å². The molecule has 0 aliphatic carbocycles. The number of carbonyl (C=O) groups excluding carboxylic acids is 1. The lowest BCUT2D eigenvalue weighted by atomic mass is 10.00. The fourth-order valence-corrected chi connectivity index (χ4v) is 1.59. The molecule has 0 spiro atoms. The van der Waals surface area contributed by atoms with Gasteiger partial charge < -0.3 is 5.32 Å². The Morgan fingerprint density at radius 3 is 2.84 bits per heavy atom. The van der Waals surface area contributed by atoms with E-state index in [0.29, 0.717) is 12.2 Å². The Kier molecular flexibility index (Phi) is 4.18. The van der Waals surface area contributed by atoms with Gasteiger partial charge in [-0.3, -0.25) is 4.79 Å². The molecule has 1 unspecified atom stereocenters. The number of nitriles is 1. The highest BCUT2D eigenvalue weighted by Gasteiger charge is 2.18. The van der Waals surface area contributed by atoms with Crippen molar-refractivity contribution in [1.29, 1.82) is 5.26 Å². The molecule has 0 bridgehead atoms. The van der Waals surface area contributed by atoms with Gasteiger partial charge in [0.25, 0.3) is 0 Å². The fourth-order valence-electron chi connectivity index (χ4n) is 1.59. The van der Waals surface area contributed by atoms with Gasteiger partial charge in [-0.2, -0.15) is 10.5 Å². The molecule has 0 saturated heterocycles. The van der Waals surface area contributed by atoms with Gasteiger partial charge in [0.2, 0.25) is 5.91 Å². The van der Waals surface area contributed by atoms with Crippen molar-refractivity contribution >= 4 is 5.91 Å². The second kappa shape index (κ2) is 6.26. The maximum absolute atomic E-state index is 11.9. The van der Waals surface area contributed by atoms with Crippen LogP contribution in [0, 0.1) is 17.2 Å². The Bertz CT molecular complexity index is 560. The first kappa shape index (κ1) is 12.7. The second-order valence-electron chi connectivity index (χ2n) is 3.92. The molecule has 0 saturated carbocycles. The smallest absolute Gasteiger partial charge is 0.238 e. The zero-order chi connectivity index (χ0) is 13.5. The lowest BCUT2D eigenvalue weighted by Gasteiger charge is -2.08. The van der Waals surface area contributed by atoms with E-state index in [2.05, 4.69) is 25.9 Å². The summed E-state index contributed by atoms with van der Waals surface area (Å²) in [5, 5.41) is 24.8. The third-order valence-corrected chi connectivity index (χ3v) is 2.56. The lowest BCUT2D eigenvalue weighted by Crippen LogP contribution is -2.31. The Morgan fingerprint density at radius 2 is 2.21 bits per heavy atom. The van der Waals surface area contributed by atoms with Crippen molar-refractivity contribution in [3.05, 3.63) is 41.7 Å². The summed E-state index contributed by atoms with van der Waals surface area (Å²) in [6.07, 6.45) is 0.384. The maximum Gasteiger partial charge on any atom is 0.238 e. The molecule has 2 aromatic rings. The van der Waals surface area contributed by atoms with Gasteiger partial charge in [0.15, 0.2) is 5.82 Å². The molecule has 1 heterocycles. The summed E-state index contributed by atoms with van der Waals surface area (Å²) >= 11 is 0. The topological polar surface area (TPSA) is 107 Å². The summed E-state index contributed by atoms with van der Waals surface area (Å²) in [5.41, 5.74) is 0.948.